The average molecular weight is 331 g/mol. The van der Waals surface area contributed by atoms with Crippen molar-refractivity contribution in [2.75, 3.05) is 18.5 Å². The Kier molecular flexibility index (Phi) is 5.38. The van der Waals surface area contributed by atoms with Crippen LogP contribution < -0.4 is 4.90 Å². The van der Waals surface area contributed by atoms with Gasteiger partial charge in [-0.05, 0) is 30.9 Å². The van der Waals surface area contributed by atoms with E-state index in [1.807, 2.05) is 12.1 Å². The summed E-state index contributed by atoms with van der Waals surface area (Å²) in [6, 6.07) is 6.18. The topological polar surface area (TPSA) is 3.24 Å². The summed E-state index contributed by atoms with van der Waals surface area (Å²) in [7, 11) is 2.19. The predicted octanol–water partition coefficient (Wildman–Crippen LogP) is 5.25. The molecule has 0 spiro atoms. The summed E-state index contributed by atoms with van der Waals surface area (Å²) in [6.07, 6.45) is 6.99. The van der Waals surface area contributed by atoms with Crippen LogP contribution in [0.15, 0.2) is 18.2 Å². The van der Waals surface area contributed by atoms with Gasteiger partial charge in [-0.25, -0.2) is 0 Å². The third-order valence-electron chi connectivity index (χ3n) is 3.90. The molecular formula is C15H21BrClN. The molecule has 1 aliphatic carbocycles. The molecule has 1 nitrogen and oxygen atoms in total. The summed E-state index contributed by atoms with van der Waals surface area (Å²) in [5, 5.41) is 1.68. The minimum atomic E-state index is 0.816. The van der Waals surface area contributed by atoms with Crippen LogP contribution in [0.2, 0.25) is 5.02 Å². The maximum Gasteiger partial charge on any atom is 0.0467 e. The Hall–Kier alpha value is -0.210. The highest BCUT2D eigenvalue weighted by Gasteiger charge is 2.17. The second kappa shape index (κ2) is 6.81. The van der Waals surface area contributed by atoms with Gasteiger partial charge in [-0.2, -0.15) is 0 Å². The van der Waals surface area contributed by atoms with Gasteiger partial charge in [-0.3, -0.25) is 0 Å². The Morgan fingerprint density at radius 2 is 2.00 bits per heavy atom. The summed E-state index contributed by atoms with van der Waals surface area (Å²) in [4.78, 5) is 2.37. The summed E-state index contributed by atoms with van der Waals surface area (Å²) in [6.45, 7) is 1.15. The van der Waals surface area contributed by atoms with Crippen LogP contribution in [-0.4, -0.2) is 13.6 Å². The smallest absolute Gasteiger partial charge is 0.0467 e. The van der Waals surface area contributed by atoms with Crippen LogP contribution in [0.5, 0.6) is 0 Å². The lowest BCUT2D eigenvalue weighted by Crippen LogP contribution is -2.27. The lowest BCUT2D eigenvalue weighted by Gasteiger charge is -2.29. The molecule has 0 aliphatic heterocycles. The zero-order valence-corrected chi connectivity index (χ0v) is 13.3. The van der Waals surface area contributed by atoms with Crippen LogP contribution in [0, 0.1) is 5.92 Å². The van der Waals surface area contributed by atoms with Crippen molar-refractivity contribution in [3.8, 4) is 0 Å². The Bertz CT molecular complexity index is 388. The minimum absolute atomic E-state index is 0.816. The van der Waals surface area contributed by atoms with Crippen molar-refractivity contribution in [2.45, 2.75) is 37.4 Å². The summed E-state index contributed by atoms with van der Waals surface area (Å²) >= 11 is 9.80. The number of benzene rings is 1. The average Bonchev–Trinajstić information content (AvgIpc) is 2.39. The van der Waals surface area contributed by atoms with Gasteiger partial charge in [0.15, 0.2) is 0 Å². The molecule has 0 amide bonds. The van der Waals surface area contributed by atoms with Crippen LogP contribution >= 0.6 is 27.5 Å². The summed E-state index contributed by atoms with van der Waals surface area (Å²) < 4.78 is 0. The van der Waals surface area contributed by atoms with Gasteiger partial charge in [0.1, 0.15) is 0 Å². The van der Waals surface area contributed by atoms with E-state index in [1.165, 1.54) is 43.4 Å². The monoisotopic (exact) mass is 329 g/mol. The number of alkyl halides is 1. The molecule has 0 N–H and O–H groups in total. The first-order chi connectivity index (χ1) is 8.72. The van der Waals surface area contributed by atoms with Gasteiger partial charge in [-0.15, -0.1) is 0 Å². The number of hydrogen-bond donors (Lipinski definition) is 0. The van der Waals surface area contributed by atoms with E-state index in [9.17, 15) is 0 Å². The third kappa shape index (κ3) is 3.42. The van der Waals surface area contributed by atoms with Crippen molar-refractivity contribution in [1.82, 2.24) is 0 Å². The van der Waals surface area contributed by atoms with Crippen LogP contribution in [0.25, 0.3) is 0 Å². The third-order valence-corrected chi connectivity index (χ3v) is 4.81. The van der Waals surface area contributed by atoms with E-state index >= 15 is 0 Å². The Morgan fingerprint density at radius 3 is 2.67 bits per heavy atom. The van der Waals surface area contributed by atoms with Crippen molar-refractivity contribution in [3.05, 3.63) is 28.8 Å². The predicted molar refractivity (Wildman–Crippen MR) is 83.9 cm³/mol. The van der Waals surface area contributed by atoms with Gasteiger partial charge < -0.3 is 4.90 Å². The number of anilines is 1. The van der Waals surface area contributed by atoms with E-state index in [0.717, 1.165) is 22.8 Å². The molecule has 0 heterocycles. The van der Waals surface area contributed by atoms with Gasteiger partial charge in [0.05, 0.1) is 0 Å². The highest BCUT2D eigenvalue weighted by Crippen LogP contribution is 2.31. The molecule has 18 heavy (non-hydrogen) atoms. The number of rotatable bonds is 4. The lowest BCUT2D eigenvalue weighted by atomic mass is 9.89. The van der Waals surface area contributed by atoms with Crippen molar-refractivity contribution < 1.29 is 0 Å². The van der Waals surface area contributed by atoms with Crippen molar-refractivity contribution in [2.24, 2.45) is 5.92 Å². The van der Waals surface area contributed by atoms with Crippen molar-refractivity contribution >= 4 is 33.2 Å². The molecule has 0 radical (unpaired) electrons. The maximum atomic E-state index is 6.26. The molecular weight excluding hydrogens is 310 g/mol. The van der Waals surface area contributed by atoms with E-state index in [4.69, 9.17) is 11.6 Å². The molecule has 2 rings (SSSR count). The zero-order valence-electron chi connectivity index (χ0n) is 11.0. The molecule has 0 atom stereocenters. The fourth-order valence-electron chi connectivity index (χ4n) is 2.89. The fourth-order valence-corrected chi connectivity index (χ4v) is 3.88. The maximum absolute atomic E-state index is 6.26. The van der Waals surface area contributed by atoms with E-state index in [-0.39, 0.29) is 0 Å². The molecule has 0 bridgehead atoms. The lowest BCUT2D eigenvalue weighted by molar-refractivity contribution is 0.362. The summed E-state index contributed by atoms with van der Waals surface area (Å²) in [5.41, 5.74) is 2.47. The first-order valence-corrected chi connectivity index (χ1v) is 8.27. The van der Waals surface area contributed by atoms with Gasteiger partial charge in [-0.1, -0.05) is 52.9 Å². The molecule has 0 unspecified atom stereocenters. The molecule has 0 aromatic heterocycles. The van der Waals surface area contributed by atoms with Crippen molar-refractivity contribution in [1.29, 1.82) is 0 Å². The molecule has 1 aliphatic rings. The standard InChI is InChI=1S/C15H21BrClN/c1-18(11-12-6-3-2-4-7-12)15-9-5-8-14(17)13(15)10-16/h5,8-9,12H,2-4,6-7,10-11H2,1H3. The molecule has 1 saturated carbocycles. The number of nitrogens with zero attached hydrogens (tertiary/aromatic N) is 1. The highest BCUT2D eigenvalue weighted by molar-refractivity contribution is 9.08. The largest absolute Gasteiger partial charge is 0.374 e. The fraction of sp³-hybridized carbons (Fsp3) is 0.600. The van der Waals surface area contributed by atoms with Crippen LogP contribution in [0.4, 0.5) is 5.69 Å². The van der Waals surface area contributed by atoms with Crippen molar-refractivity contribution in [3.63, 3.8) is 0 Å². The first-order valence-electron chi connectivity index (χ1n) is 6.77. The molecule has 3 heteroatoms. The van der Waals surface area contributed by atoms with Crippen LogP contribution in [0.1, 0.15) is 37.7 Å². The second-order valence-corrected chi connectivity index (χ2v) is 6.22. The normalized spacial score (nSPS) is 16.8. The molecule has 0 saturated heterocycles. The van der Waals surface area contributed by atoms with Gasteiger partial charge in [0.2, 0.25) is 0 Å². The Labute approximate surface area is 124 Å². The Morgan fingerprint density at radius 1 is 1.28 bits per heavy atom. The van der Waals surface area contributed by atoms with Gasteiger partial charge >= 0.3 is 0 Å². The minimum Gasteiger partial charge on any atom is -0.374 e. The van der Waals surface area contributed by atoms with Gasteiger partial charge in [0.25, 0.3) is 0 Å². The highest BCUT2D eigenvalue weighted by atomic mass is 79.9. The van der Waals surface area contributed by atoms with E-state index in [2.05, 4.69) is 33.9 Å². The molecule has 1 aromatic rings. The number of halogens is 2. The summed E-state index contributed by atoms with van der Waals surface area (Å²) in [5.74, 6) is 0.853. The van der Waals surface area contributed by atoms with E-state index in [1.54, 1.807) is 0 Å². The van der Waals surface area contributed by atoms with Gasteiger partial charge in [0, 0.05) is 35.2 Å². The molecule has 1 fully saturated rings. The van der Waals surface area contributed by atoms with Crippen LogP contribution in [-0.2, 0) is 5.33 Å². The first kappa shape index (κ1) is 14.2. The molecule has 1 aromatic carbocycles. The molecule has 100 valence electrons. The second-order valence-electron chi connectivity index (χ2n) is 5.26. The number of hydrogen-bond acceptors (Lipinski definition) is 1. The zero-order chi connectivity index (χ0) is 13.0. The Balaban J connectivity index is 2.07. The van der Waals surface area contributed by atoms with E-state index < -0.39 is 0 Å². The van der Waals surface area contributed by atoms with Crippen LogP contribution in [0.3, 0.4) is 0 Å². The quantitative estimate of drug-likeness (QED) is 0.681. The SMILES string of the molecule is CN(CC1CCCCC1)c1cccc(Cl)c1CBr. The van der Waals surface area contributed by atoms with E-state index in [0.29, 0.717) is 0 Å².